The quantitative estimate of drug-likeness (QED) is 0.336. The fraction of sp³-hybridized carbons (Fsp3) is 0.105. The molecule has 0 radical (unpaired) electrons. The molecule has 2 heteroatoms. The summed E-state index contributed by atoms with van der Waals surface area (Å²) in [6, 6.07) is 15.9. The Morgan fingerprint density at radius 3 is 2.05 bits per heavy atom. The average Bonchev–Trinajstić information content (AvgIpc) is 2.53. The van der Waals surface area contributed by atoms with Gasteiger partial charge < -0.3 is 0 Å². The Balaban J connectivity index is 2.07. The van der Waals surface area contributed by atoms with Gasteiger partial charge in [0.15, 0.2) is 0 Å². The number of aryl methyl sites for hydroxylation is 1. The van der Waals surface area contributed by atoms with Gasteiger partial charge in [-0.25, -0.2) is 0 Å². The minimum Gasteiger partial charge on any atom is -0.195 e. The van der Waals surface area contributed by atoms with Gasteiger partial charge in [-0.15, -0.1) is 6.58 Å². The molecule has 0 fully saturated rings. The Morgan fingerprint density at radius 1 is 0.952 bits per heavy atom. The van der Waals surface area contributed by atoms with Gasteiger partial charge in [-0.05, 0) is 67.0 Å². The molecule has 1 nitrogen and oxygen atoms in total. The van der Waals surface area contributed by atoms with E-state index in [-0.39, 0.29) is 0 Å². The van der Waals surface area contributed by atoms with Crippen LogP contribution in [0.3, 0.4) is 0 Å². The first kappa shape index (κ1) is 14.9. The lowest BCUT2D eigenvalue weighted by Gasteiger charge is -1.98. The van der Waals surface area contributed by atoms with Crippen LogP contribution in [0.2, 0.25) is 0 Å². The van der Waals surface area contributed by atoms with E-state index in [1.807, 2.05) is 30.3 Å². The largest absolute Gasteiger partial charge is 0.195 e. The SMILES string of the molecule is C=CCCc1ccc(C#Cc2ccc(N=C=S)cc2)cc1. The number of allylic oxidation sites excluding steroid dienone is 1. The van der Waals surface area contributed by atoms with Gasteiger partial charge >= 0.3 is 0 Å². The second-order valence-corrected chi connectivity index (χ2v) is 4.71. The summed E-state index contributed by atoms with van der Waals surface area (Å²) in [5.41, 5.74) is 4.07. The zero-order chi connectivity index (χ0) is 14.9. The molecule has 0 saturated carbocycles. The molecule has 21 heavy (non-hydrogen) atoms. The van der Waals surface area contributed by atoms with Crippen molar-refractivity contribution in [2.24, 2.45) is 4.99 Å². The number of nitrogens with zero attached hydrogens (tertiary/aromatic N) is 1. The van der Waals surface area contributed by atoms with Crippen LogP contribution in [0.1, 0.15) is 23.1 Å². The first-order valence-electron chi connectivity index (χ1n) is 6.71. The van der Waals surface area contributed by atoms with Crippen molar-refractivity contribution in [3.05, 3.63) is 77.9 Å². The van der Waals surface area contributed by atoms with Crippen molar-refractivity contribution in [1.82, 2.24) is 0 Å². The first-order chi connectivity index (χ1) is 10.3. The smallest absolute Gasteiger partial charge is 0.0740 e. The standard InChI is InChI=1S/C19H15NS/c1-2-3-4-16-5-7-17(8-6-16)9-10-18-11-13-19(14-12-18)20-15-21/h2,5-8,11-14H,1,3-4H2. The van der Waals surface area contributed by atoms with Crippen LogP contribution in [-0.4, -0.2) is 5.16 Å². The predicted octanol–water partition coefficient (Wildman–Crippen LogP) is 4.94. The highest BCUT2D eigenvalue weighted by Gasteiger charge is 1.92. The number of aliphatic imine (C=N–C) groups is 1. The summed E-state index contributed by atoms with van der Waals surface area (Å²) in [5, 5.41) is 2.35. The van der Waals surface area contributed by atoms with Gasteiger partial charge in [-0.3, -0.25) is 0 Å². The van der Waals surface area contributed by atoms with Crippen LogP contribution in [0.5, 0.6) is 0 Å². The third-order valence-corrected chi connectivity index (χ3v) is 3.08. The zero-order valence-corrected chi connectivity index (χ0v) is 12.5. The van der Waals surface area contributed by atoms with Gasteiger partial charge in [0.2, 0.25) is 0 Å². The number of hydrogen-bond donors (Lipinski definition) is 0. The fourth-order valence-electron chi connectivity index (χ4n) is 1.84. The Bertz CT molecular complexity index is 709. The van der Waals surface area contributed by atoms with E-state index in [0.717, 1.165) is 29.7 Å². The van der Waals surface area contributed by atoms with Crippen LogP contribution in [0.25, 0.3) is 0 Å². The summed E-state index contributed by atoms with van der Waals surface area (Å²) in [7, 11) is 0. The van der Waals surface area contributed by atoms with E-state index in [0.29, 0.717) is 0 Å². The van der Waals surface area contributed by atoms with Crippen LogP contribution in [0.15, 0.2) is 66.2 Å². The predicted molar refractivity (Wildman–Crippen MR) is 92.1 cm³/mol. The molecule has 0 N–H and O–H groups in total. The molecule has 0 saturated heterocycles. The molecule has 0 aliphatic heterocycles. The monoisotopic (exact) mass is 289 g/mol. The molecule has 0 bridgehead atoms. The van der Waals surface area contributed by atoms with Crippen LogP contribution in [-0.2, 0) is 6.42 Å². The van der Waals surface area contributed by atoms with Crippen LogP contribution in [0.4, 0.5) is 5.69 Å². The van der Waals surface area contributed by atoms with Crippen molar-refractivity contribution >= 4 is 23.1 Å². The molecule has 0 heterocycles. The second kappa shape index (κ2) is 7.97. The number of isothiocyanates is 1. The normalized spacial score (nSPS) is 9.14. The summed E-state index contributed by atoms with van der Waals surface area (Å²) in [6.45, 7) is 3.74. The van der Waals surface area contributed by atoms with E-state index in [4.69, 9.17) is 0 Å². The zero-order valence-electron chi connectivity index (χ0n) is 11.7. The Labute approximate surface area is 131 Å². The van der Waals surface area contributed by atoms with Crippen molar-refractivity contribution in [1.29, 1.82) is 0 Å². The second-order valence-electron chi connectivity index (χ2n) is 4.52. The van der Waals surface area contributed by atoms with Crippen LogP contribution >= 0.6 is 12.2 Å². The van der Waals surface area contributed by atoms with Crippen molar-refractivity contribution in [3.8, 4) is 11.8 Å². The number of thiocarbonyl (C=S) groups is 1. The lowest BCUT2D eigenvalue weighted by Crippen LogP contribution is -1.83. The maximum Gasteiger partial charge on any atom is 0.0740 e. The van der Waals surface area contributed by atoms with E-state index in [2.05, 4.69) is 65.1 Å². The van der Waals surface area contributed by atoms with Gasteiger partial charge in [-0.1, -0.05) is 30.0 Å². The molecule has 102 valence electrons. The maximum absolute atomic E-state index is 4.57. The summed E-state index contributed by atoms with van der Waals surface area (Å²) >= 11 is 4.57. The maximum atomic E-state index is 4.57. The third-order valence-electron chi connectivity index (χ3n) is 2.98. The minimum atomic E-state index is 0.794. The lowest BCUT2D eigenvalue weighted by molar-refractivity contribution is 1.00. The van der Waals surface area contributed by atoms with Gasteiger partial charge in [0, 0.05) is 11.1 Å². The highest BCUT2D eigenvalue weighted by Crippen LogP contribution is 2.12. The summed E-state index contributed by atoms with van der Waals surface area (Å²) in [5.74, 6) is 6.30. The number of rotatable bonds is 4. The number of benzene rings is 2. The third kappa shape index (κ3) is 4.85. The van der Waals surface area contributed by atoms with Crippen molar-refractivity contribution in [3.63, 3.8) is 0 Å². The van der Waals surface area contributed by atoms with E-state index < -0.39 is 0 Å². The van der Waals surface area contributed by atoms with E-state index >= 15 is 0 Å². The molecule has 0 atom stereocenters. The fourth-order valence-corrected chi connectivity index (χ4v) is 1.95. The highest BCUT2D eigenvalue weighted by atomic mass is 32.1. The summed E-state index contributed by atoms with van der Waals surface area (Å²) in [4.78, 5) is 3.91. The molecular weight excluding hydrogens is 274 g/mol. The average molecular weight is 289 g/mol. The topological polar surface area (TPSA) is 12.4 Å². The molecule has 2 aromatic rings. The molecule has 0 aliphatic carbocycles. The van der Waals surface area contributed by atoms with Gasteiger partial charge in [-0.2, -0.15) is 4.99 Å². The first-order valence-corrected chi connectivity index (χ1v) is 7.12. The van der Waals surface area contributed by atoms with Gasteiger partial charge in [0.05, 0.1) is 10.8 Å². The van der Waals surface area contributed by atoms with E-state index in [1.165, 1.54) is 5.56 Å². The lowest BCUT2D eigenvalue weighted by atomic mass is 10.1. The Morgan fingerprint density at radius 2 is 1.52 bits per heavy atom. The summed E-state index contributed by atoms with van der Waals surface area (Å²) in [6.07, 6.45) is 3.96. The van der Waals surface area contributed by atoms with E-state index in [9.17, 15) is 0 Å². The van der Waals surface area contributed by atoms with Gasteiger partial charge in [0.25, 0.3) is 0 Å². The minimum absolute atomic E-state index is 0.794. The molecule has 2 rings (SSSR count). The molecule has 0 spiro atoms. The molecule has 0 aliphatic rings. The molecule has 0 aromatic heterocycles. The summed E-state index contributed by atoms with van der Waals surface area (Å²) < 4.78 is 0. The molecule has 0 unspecified atom stereocenters. The Kier molecular flexibility index (Phi) is 5.67. The van der Waals surface area contributed by atoms with Gasteiger partial charge in [0.1, 0.15) is 0 Å². The van der Waals surface area contributed by atoms with Crippen molar-refractivity contribution in [2.45, 2.75) is 12.8 Å². The number of hydrogen-bond acceptors (Lipinski definition) is 2. The van der Waals surface area contributed by atoms with Crippen molar-refractivity contribution in [2.75, 3.05) is 0 Å². The highest BCUT2D eigenvalue weighted by molar-refractivity contribution is 7.78. The van der Waals surface area contributed by atoms with E-state index in [1.54, 1.807) is 0 Å². The van der Waals surface area contributed by atoms with Crippen LogP contribution in [0, 0.1) is 11.8 Å². The molecule has 0 amide bonds. The van der Waals surface area contributed by atoms with Crippen molar-refractivity contribution < 1.29 is 0 Å². The molecular formula is C19H15NS. The van der Waals surface area contributed by atoms with Crippen LogP contribution < -0.4 is 0 Å². The Hall–Kier alpha value is -2.46. The molecule has 2 aromatic carbocycles.